The van der Waals surface area contributed by atoms with Crippen molar-refractivity contribution >= 4 is 11.8 Å². The summed E-state index contributed by atoms with van der Waals surface area (Å²) in [7, 11) is 0. The summed E-state index contributed by atoms with van der Waals surface area (Å²) in [6, 6.07) is 6.10. The Morgan fingerprint density at radius 2 is 1.85 bits per heavy atom. The third-order valence-corrected chi connectivity index (χ3v) is 4.71. The van der Waals surface area contributed by atoms with Crippen LogP contribution in [0.4, 0.5) is 4.39 Å². The third-order valence-electron chi connectivity index (χ3n) is 3.66. The molecule has 1 aromatic carbocycles. The monoisotopic (exact) mass is 292 g/mol. The van der Waals surface area contributed by atoms with E-state index in [0.717, 1.165) is 17.2 Å². The predicted molar refractivity (Wildman–Crippen MR) is 77.0 cm³/mol. The molecule has 3 nitrogen and oxygen atoms in total. The molecule has 0 bridgehead atoms. The zero-order valence-corrected chi connectivity index (χ0v) is 12.0. The first-order chi connectivity index (χ1) is 9.81. The van der Waals surface area contributed by atoms with Gasteiger partial charge in [0.2, 0.25) is 5.89 Å². The molecule has 1 heterocycles. The van der Waals surface area contributed by atoms with Crippen molar-refractivity contribution < 1.29 is 8.81 Å². The number of halogens is 1. The fraction of sp³-hybridized carbons (Fsp3) is 0.467. The number of thioether (sulfide) groups is 1. The van der Waals surface area contributed by atoms with Crippen LogP contribution in [0.25, 0.3) is 11.5 Å². The Morgan fingerprint density at radius 1 is 1.10 bits per heavy atom. The molecule has 0 atom stereocenters. The first-order valence-corrected chi connectivity index (χ1v) is 8.02. The molecule has 1 aliphatic carbocycles. The second-order valence-electron chi connectivity index (χ2n) is 5.20. The van der Waals surface area contributed by atoms with Gasteiger partial charge in [0.1, 0.15) is 5.82 Å². The van der Waals surface area contributed by atoms with Crippen LogP contribution in [-0.4, -0.2) is 16.0 Å². The van der Waals surface area contributed by atoms with Gasteiger partial charge < -0.3 is 4.42 Å². The summed E-state index contributed by atoms with van der Waals surface area (Å²) in [6.45, 7) is 0. The van der Waals surface area contributed by atoms with Gasteiger partial charge in [-0.2, -0.15) is 0 Å². The van der Waals surface area contributed by atoms with Crippen molar-refractivity contribution in [1.29, 1.82) is 0 Å². The Labute approximate surface area is 122 Å². The van der Waals surface area contributed by atoms with Crippen molar-refractivity contribution in [1.82, 2.24) is 10.2 Å². The molecule has 0 amide bonds. The van der Waals surface area contributed by atoms with Gasteiger partial charge in [0.25, 0.3) is 5.22 Å². The minimum absolute atomic E-state index is 0.264. The molecule has 1 aromatic heterocycles. The summed E-state index contributed by atoms with van der Waals surface area (Å²) in [4.78, 5) is 0. The largest absolute Gasteiger partial charge is 0.411 e. The number of hydrogen-bond acceptors (Lipinski definition) is 4. The predicted octanol–water partition coefficient (Wildman–Crippen LogP) is 4.55. The van der Waals surface area contributed by atoms with E-state index in [1.54, 1.807) is 23.9 Å². The number of nitrogens with zero attached hydrogens (tertiary/aromatic N) is 2. The maximum atomic E-state index is 12.9. The van der Waals surface area contributed by atoms with Crippen LogP contribution < -0.4 is 0 Å². The first kappa shape index (κ1) is 13.6. The molecule has 1 fully saturated rings. The van der Waals surface area contributed by atoms with Crippen LogP contribution in [0.5, 0.6) is 0 Å². The lowest BCUT2D eigenvalue weighted by atomic mass is 9.91. The highest BCUT2D eigenvalue weighted by Crippen LogP contribution is 2.30. The Hall–Kier alpha value is -1.36. The number of aromatic nitrogens is 2. The lowest BCUT2D eigenvalue weighted by molar-refractivity contribution is 0.389. The number of hydrogen-bond donors (Lipinski definition) is 0. The number of benzene rings is 1. The molecule has 0 saturated heterocycles. The van der Waals surface area contributed by atoms with Gasteiger partial charge in [-0.1, -0.05) is 31.0 Å². The van der Waals surface area contributed by atoms with E-state index >= 15 is 0 Å². The topological polar surface area (TPSA) is 38.9 Å². The molecule has 0 aliphatic heterocycles. The van der Waals surface area contributed by atoms with Crippen molar-refractivity contribution in [2.24, 2.45) is 5.92 Å². The Kier molecular flexibility index (Phi) is 4.35. The highest BCUT2D eigenvalue weighted by molar-refractivity contribution is 7.99. The molecule has 1 saturated carbocycles. The first-order valence-electron chi connectivity index (χ1n) is 7.03. The van der Waals surface area contributed by atoms with E-state index in [0.29, 0.717) is 11.1 Å². The molecule has 0 radical (unpaired) electrons. The van der Waals surface area contributed by atoms with Crippen LogP contribution in [0.2, 0.25) is 0 Å². The summed E-state index contributed by atoms with van der Waals surface area (Å²) in [6.07, 6.45) is 6.68. The average Bonchev–Trinajstić information content (AvgIpc) is 2.96. The van der Waals surface area contributed by atoms with Gasteiger partial charge in [0.15, 0.2) is 0 Å². The van der Waals surface area contributed by atoms with Crippen LogP contribution in [0.1, 0.15) is 32.1 Å². The average molecular weight is 292 g/mol. The van der Waals surface area contributed by atoms with Crippen molar-refractivity contribution in [2.75, 3.05) is 5.75 Å². The number of rotatable bonds is 4. The van der Waals surface area contributed by atoms with E-state index in [9.17, 15) is 4.39 Å². The normalized spacial score (nSPS) is 16.4. The van der Waals surface area contributed by atoms with E-state index in [1.165, 1.54) is 44.2 Å². The van der Waals surface area contributed by atoms with Crippen molar-refractivity contribution in [3.63, 3.8) is 0 Å². The summed E-state index contributed by atoms with van der Waals surface area (Å²) in [5, 5.41) is 8.68. The van der Waals surface area contributed by atoms with Crippen LogP contribution in [0, 0.1) is 11.7 Å². The van der Waals surface area contributed by atoms with Crippen molar-refractivity contribution in [3.05, 3.63) is 30.1 Å². The summed E-state index contributed by atoms with van der Waals surface area (Å²) in [5.74, 6) is 2.01. The van der Waals surface area contributed by atoms with Crippen molar-refractivity contribution in [3.8, 4) is 11.5 Å². The van der Waals surface area contributed by atoms with E-state index in [4.69, 9.17) is 4.42 Å². The standard InChI is InChI=1S/C15H17FN2OS/c16-13-8-6-12(7-9-13)14-17-18-15(19-14)20-10-11-4-2-1-3-5-11/h6-9,11H,1-5,10H2. The molecule has 0 unspecified atom stereocenters. The second kappa shape index (κ2) is 6.39. The second-order valence-corrected chi connectivity index (χ2v) is 6.17. The molecule has 5 heteroatoms. The SMILES string of the molecule is Fc1ccc(-c2nnc(SCC3CCCCC3)o2)cc1. The lowest BCUT2D eigenvalue weighted by Gasteiger charge is -2.19. The molecule has 3 rings (SSSR count). The zero-order chi connectivity index (χ0) is 13.8. The molecule has 0 spiro atoms. The van der Waals surface area contributed by atoms with Gasteiger partial charge >= 0.3 is 0 Å². The summed E-state index contributed by atoms with van der Waals surface area (Å²) < 4.78 is 18.5. The Morgan fingerprint density at radius 3 is 2.60 bits per heavy atom. The molecular weight excluding hydrogens is 275 g/mol. The van der Waals surface area contributed by atoms with Gasteiger partial charge in [-0.15, -0.1) is 10.2 Å². The maximum Gasteiger partial charge on any atom is 0.276 e. The van der Waals surface area contributed by atoms with E-state index in [-0.39, 0.29) is 5.82 Å². The lowest BCUT2D eigenvalue weighted by Crippen LogP contribution is -2.08. The van der Waals surface area contributed by atoms with Gasteiger partial charge in [0.05, 0.1) is 0 Å². The fourth-order valence-electron chi connectivity index (χ4n) is 2.52. The Balaban J connectivity index is 1.60. The molecule has 1 aliphatic rings. The van der Waals surface area contributed by atoms with Crippen LogP contribution in [0.15, 0.2) is 33.9 Å². The molecule has 0 N–H and O–H groups in total. The molecule has 2 aromatic rings. The van der Waals surface area contributed by atoms with Gasteiger partial charge in [0, 0.05) is 11.3 Å². The minimum atomic E-state index is -0.264. The van der Waals surface area contributed by atoms with E-state index in [2.05, 4.69) is 10.2 Å². The zero-order valence-electron chi connectivity index (χ0n) is 11.2. The minimum Gasteiger partial charge on any atom is -0.411 e. The fourth-order valence-corrected chi connectivity index (χ4v) is 3.47. The van der Waals surface area contributed by atoms with E-state index < -0.39 is 0 Å². The molecular formula is C15H17FN2OS. The maximum absolute atomic E-state index is 12.9. The smallest absolute Gasteiger partial charge is 0.276 e. The Bertz CT molecular complexity index is 549. The highest BCUT2D eigenvalue weighted by Gasteiger charge is 2.16. The molecule has 106 valence electrons. The summed E-state index contributed by atoms with van der Waals surface area (Å²) >= 11 is 1.63. The van der Waals surface area contributed by atoms with Crippen LogP contribution >= 0.6 is 11.8 Å². The molecule has 20 heavy (non-hydrogen) atoms. The quantitative estimate of drug-likeness (QED) is 0.775. The van der Waals surface area contributed by atoms with Crippen LogP contribution in [-0.2, 0) is 0 Å². The van der Waals surface area contributed by atoms with Gasteiger partial charge in [-0.05, 0) is 43.0 Å². The summed E-state index contributed by atoms with van der Waals surface area (Å²) in [5.41, 5.74) is 0.753. The van der Waals surface area contributed by atoms with Gasteiger partial charge in [-0.25, -0.2) is 4.39 Å². The van der Waals surface area contributed by atoms with Gasteiger partial charge in [-0.3, -0.25) is 0 Å². The third kappa shape index (κ3) is 3.39. The van der Waals surface area contributed by atoms with Crippen LogP contribution in [0.3, 0.4) is 0 Å². The highest BCUT2D eigenvalue weighted by atomic mass is 32.2. The van der Waals surface area contributed by atoms with E-state index in [1.807, 2.05) is 0 Å². The van der Waals surface area contributed by atoms with Crippen molar-refractivity contribution in [2.45, 2.75) is 37.3 Å².